The lowest BCUT2D eigenvalue weighted by Gasteiger charge is -2.25. The molecule has 28 heavy (non-hydrogen) atoms. The zero-order valence-electron chi connectivity index (χ0n) is 15.2. The van der Waals surface area contributed by atoms with Crippen molar-refractivity contribution in [1.82, 2.24) is 9.88 Å². The summed E-state index contributed by atoms with van der Waals surface area (Å²) < 4.78 is 18.6. The van der Waals surface area contributed by atoms with Gasteiger partial charge in [-0.05, 0) is 31.0 Å². The Bertz CT molecular complexity index is 882. The Labute approximate surface area is 165 Å². The second-order valence-corrected chi connectivity index (χ2v) is 7.98. The van der Waals surface area contributed by atoms with Gasteiger partial charge in [-0.25, -0.2) is 9.37 Å². The van der Waals surface area contributed by atoms with Crippen LogP contribution in [0.4, 0.5) is 15.2 Å². The Kier molecular flexibility index (Phi) is 5.65. The maximum absolute atomic E-state index is 13.2. The van der Waals surface area contributed by atoms with Gasteiger partial charge in [0.15, 0.2) is 5.13 Å². The van der Waals surface area contributed by atoms with E-state index < -0.39 is 0 Å². The number of nitrogens with one attached hydrogen (secondary N) is 2. The van der Waals surface area contributed by atoms with Crippen molar-refractivity contribution in [1.29, 1.82) is 0 Å². The molecule has 2 amide bonds. The molecule has 0 aliphatic carbocycles. The molecule has 0 radical (unpaired) electrons. The first kappa shape index (κ1) is 19.0. The summed E-state index contributed by atoms with van der Waals surface area (Å²) in [6.07, 6.45) is 1.97. The van der Waals surface area contributed by atoms with Crippen LogP contribution in [-0.4, -0.2) is 47.5 Å². The molecule has 2 aliphatic heterocycles. The molecule has 0 bridgehead atoms. The molecule has 1 atom stereocenters. The van der Waals surface area contributed by atoms with Crippen LogP contribution >= 0.6 is 11.3 Å². The number of benzene rings is 1. The Morgan fingerprint density at radius 2 is 2.25 bits per heavy atom. The van der Waals surface area contributed by atoms with Gasteiger partial charge in [0.2, 0.25) is 5.91 Å². The predicted octanol–water partition coefficient (Wildman–Crippen LogP) is 2.40. The molecule has 0 saturated carbocycles. The first-order valence-corrected chi connectivity index (χ1v) is 10.1. The molecule has 2 aromatic rings. The molecular formula is C19H21FN4O3S. The molecule has 4 rings (SSSR count). The zero-order valence-corrected chi connectivity index (χ0v) is 16.1. The molecule has 1 aromatic carbocycles. The average Bonchev–Trinajstić information content (AvgIpc) is 3.30. The summed E-state index contributed by atoms with van der Waals surface area (Å²) in [5, 5.41) is 6.14. The van der Waals surface area contributed by atoms with Crippen molar-refractivity contribution in [3.63, 3.8) is 0 Å². The second-order valence-electron chi connectivity index (χ2n) is 6.90. The van der Waals surface area contributed by atoms with Crippen LogP contribution < -0.4 is 10.6 Å². The van der Waals surface area contributed by atoms with E-state index in [4.69, 9.17) is 4.74 Å². The third-order valence-electron chi connectivity index (χ3n) is 4.74. The topological polar surface area (TPSA) is 83.6 Å². The third kappa shape index (κ3) is 4.54. The van der Waals surface area contributed by atoms with Crippen molar-refractivity contribution in [2.45, 2.75) is 31.9 Å². The number of anilines is 2. The number of carbonyl (C=O) groups excluding carboxylic acids is 2. The van der Waals surface area contributed by atoms with Crippen LogP contribution in [0.15, 0.2) is 24.3 Å². The molecule has 148 valence electrons. The maximum Gasteiger partial charge on any atom is 0.255 e. The smallest absolute Gasteiger partial charge is 0.255 e. The zero-order chi connectivity index (χ0) is 19.5. The van der Waals surface area contributed by atoms with Gasteiger partial charge in [-0.2, -0.15) is 0 Å². The lowest BCUT2D eigenvalue weighted by atomic mass is 10.2. The van der Waals surface area contributed by atoms with Crippen molar-refractivity contribution < 1.29 is 18.7 Å². The van der Waals surface area contributed by atoms with Gasteiger partial charge in [0.25, 0.3) is 5.91 Å². The van der Waals surface area contributed by atoms with E-state index in [0.717, 1.165) is 29.8 Å². The molecule has 1 fully saturated rings. The molecule has 3 heterocycles. The highest BCUT2D eigenvalue weighted by atomic mass is 32.1. The molecule has 7 nitrogen and oxygen atoms in total. The first-order valence-electron chi connectivity index (χ1n) is 9.25. The van der Waals surface area contributed by atoms with E-state index in [2.05, 4.69) is 15.6 Å². The molecule has 2 N–H and O–H groups in total. The summed E-state index contributed by atoms with van der Waals surface area (Å²) in [6.45, 7) is 2.14. The van der Waals surface area contributed by atoms with Gasteiger partial charge >= 0.3 is 0 Å². The Balaban J connectivity index is 1.32. The van der Waals surface area contributed by atoms with Gasteiger partial charge in [0.1, 0.15) is 11.9 Å². The number of halogens is 1. The van der Waals surface area contributed by atoms with Crippen LogP contribution in [0.1, 0.15) is 23.4 Å². The van der Waals surface area contributed by atoms with Crippen molar-refractivity contribution in [3.8, 4) is 0 Å². The number of hydrogen-bond donors (Lipinski definition) is 2. The fraction of sp³-hybridized carbons (Fsp3) is 0.421. The number of hydrogen-bond acceptors (Lipinski definition) is 6. The number of ether oxygens (including phenoxy) is 1. The summed E-state index contributed by atoms with van der Waals surface area (Å²) >= 11 is 1.44. The van der Waals surface area contributed by atoms with Crippen LogP contribution in [0.2, 0.25) is 0 Å². The van der Waals surface area contributed by atoms with E-state index in [0.29, 0.717) is 30.5 Å². The quantitative estimate of drug-likeness (QED) is 0.800. The summed E-state index contributed by atoms with van der Waals surface area (Å²) in [7, 11) is 0. The van der Waals surface area contributed by atoms with E-state index in [-0.39, 0.29) is 30.3 Å². The van der Waals surface area contributed by atoms with Crippen LogP contribution in [0.3, 0.4) is 0 Å². The van der Waals surface area contributed by atoms with Gasteiger partial charge in [-0.3, -0.25) is 19.8 Å². The number of aromatic nitrogens is 1. The van der Waals surface area contributed by atoms with Gasteiger partial charge in [0.05, 0.1) is 12.2 Å². The number of carbonyl (C=O) groups is 2. The minimum Gasteiger partial charge on any atom is -0.368 e. The Morgan fingerprint density at radius 1 is 1.36 bits per heavy atom. The average molecular weight is 404 g/mol. The highest BCUT2D eigenvalue weighted by Crippen LogP contribution is 2.29. The fourth-order valence-electron chi connectivity index (χ4n) is 3.38. The van der Waals surface area contributed by atoms with Crippen LogP contribution in [0.25, 0.3) is 0 Å². The largest absolute Gasteiger partial charge is 0.368 e. The maximum atomic E-state index is 13.2. The standard InChI is InChI=1S/C19H21FN4O3S/c20-12-3-1-4-13(9-12)21-17(25)11-24-7-6-14-16(10-24)28-19(22-14)23-18(26)15-5-2-8-27-15/h1,3-4,9,15H,2,5-8,10-11H2,(H,21,25)(H,22,23,26). The SMILES string of the molecule is O=C(CN1CCc2nc(NC(=O)C3CCCO3)sc2C1)Nc1cccc(F)c1. The number of thiazole rings is 1. The second kappa shape index (κ2) is 8.34. The van der Waals surface area contributed by atoms with Crippen LogP contribution in [-0.2, 0) is 27.3 Å². The first-order chi connectivity index (χ1) is 13.6. The van der Waals surface area contributed by atoms with Crippen LogP contribution in [0, 0.1) is 5.82 Å². The van der Waals surface area contributed by atoms with Gasteiger partial charge < -0.3 is 10.1 Å². The molecule has 1 aromatic heterocycles. The third-order valence-corrected chi connectivity index (χ3v) is 5.74. The monoisotopic (exact) mass is 404 g/mol. The highest BCUT2D eigenvalue weighted by molar-refractivity contribution is 7.15. The number of nitrogens with zero attached hydrogens (tertiary/aromatic N) is 2. The van der Waals surface area contributed by atoms with E-state index in [1.54, 1.807) is 12.1 Å². The lowest BCUT2D eigenvalue weighted by Crippen LogP contribution is -2.36. The summed E-state index contributed by atoms with van der Waals surface area (Å²) in [6, 6.07) is 5.84. The van der Waals surface area contributed by atoms with E-state index in [1.807, 2.05) is 4.90 Å². The number of fused-ring (bicyclic) bond motifs is 1. The fourth-order valence-corrected chi connectivity index (χ4v) is 4.43. The van der Waals surface area contributed by atoms with E-state index in [1.165, 1.54) is 23.5 Å². The molecule has 1 unspecified atom stereocenters. The summed E-state index contributed by atoms with van der Waals surface area (Å²) in [5.41, 5.74) is 1.41. The summed E-state index contributed by atoms with van der Waals surface area (Å²) in [4.78, 5) is 32.0. The normalized spacial score (nSPS) is 19.2. The Morgan fingerprint density at radius 3 is 3.04 bits per heavy atom. The Hall–Kier alpha value is -2.36. The minimum atomic E-state index is -0.386. The van der Waals surface area contributed by atoms with E-state index in [9.17, 15) is 14.0 Å². The highest BCUT2D eigenvalue weighted by Gasteiger charge is 2.26. The van der Waals surface area contributed by atoms with Gasteiger partial charge in [-0.1, -0.05) is 6.07 Å². The molecule has 9 heteroatoms. The predicted molar refractivity (Wildman–Crippen MR) is 104 cm³/mol. The van der Waals surface area contributed by atoms with Gasteiger partial charge in [0, 0.05) is 36.7 Å². The van der Waals surface area contributed by atoms with Gasteiger partial charge in [-0.15, -0.1) is 11.3 Å². The van der Waals surface area contributed by atoms with Crippen molar-refractivity contribution >= 4 is 34.0 Å². The summed E-state index contributed by atoms with van der Waals surface area (Å²) in [5.74, 6) is -0.719. The lowest BCUT2D eigenvalue weighted by molar-refractivity contribution is -0.124. The molecule has 1 saturated heterocycles. The molecule has 2 aliphatic rings. The van der Waals surface area contributed by atoms with Crippen LogP contribution in [0.5, 0.6) is 0 Å². The van der Waals surface area contributed by atoms with Crippen molar-refractivity contribution in [2.75, 3.05) is 30.3 Å². The molecule has 0 spiro atoms. The van der Waals surface area contributed by atoms with Crippen molar-refractivity contribution in [3.05, 3.63) is 40.7 Å². The minimum absolute atomic E-state index is 0.144. The number of rotatable bonds is 5. The molecular weight excluding hydrogens is 383 g/mol. The number of amides is 2. The van der Waals surface area contributed by atoms with E-state index >= 15 is 0 Å². The van der Waals surface area contributed by atoms with Crippen molar-refractivity contribution in [2.24, 2.45) is 0 Å².